The Bertz CT molecular complexity index is 1420. The highest BCUT2D eigenvalue weighted by Gasteiger charge is 2.41. The first kappa shape index (κ1) is 31.7. The number of esters is 1. The van der Waals surface area contributed by atoms with E-state index in [4.69, 9.17) is 23.7 Å². The molecule has 1 saturated carbocycles. The number of ether oxygens (including phenoxy) is 5. The number of cyclic esters (lactones) is 1. The third-order valence-electron chi connectivity index (χ3n) is 7.14. The first-order chi connectivity index (χ1) is 21.1. The van der Waals surface area contributed by atoms with E-state index in [1.165, 1.54) is 60.7 Å². The molecule has 0 bridgehead atoms. The van der Waals surface area contributed by atoms with Crippen LogP contribution in [0.2, 0.25) is 0 Å². The molecule has 14 heteroatoms. The Kier molecular flexibility index (Phi) is 10.6. The van der Waals surface area contributed by atoms with Crippen molar-refractivity contribution in [1.29, 1.82) is 0 Å². The highest BCUT2D eigenvalue weighted by Crippen LogP contribution is 2.39. The lowest BCUT2D eigenvalue weighted by Gasteiger charge is -2.24. The molecule has 44 heavy (non-hydrogen) atoms. The van der Waals surface area contributed by atoms with Crippen LogP contribution in [-0.2, 0) is 19.0 Å². The molecule has 2 aromatic carbocycles. The molecule has 14 nitrogen and oxygen atoms in total. The summed E-state index contributed by atoms with van der Waals surface area (Å²) in [7, 11) is 0. The van der Waals surface area contributed by atoms with Gasteiger partial charge in [-0.05, 0) is 75.3 Å². The number of nitrogens with zero attached hydrogens (tertiary/aromatic N) is 2. The largest absolute Gasteiger partial charge is 0.514 e. The van der Waals surface area contributed by atoms with E-state index in [1.807, 2.05) is 12.2 Å². The normalized spacial score (nSPS) is 24.9. The number of fused-ring (bicyclic) bond motifs is 1. The van der Waals surface area contributed by atoms with Gasteiger partial charge in [0.2, 0.25) is 0 Å². The smallest absolute Gasteiger partial charge is 0.460 e. The molecular weight excluding hydrogens is 580 g/mol. The molecule has 232 valence electrons. The number of nitro groups is 2. The number of carbonyl (C=O) groups excluding carboxylic acids is 3. The second-order valence-electron chi connectivity index (χ2n) is 10.3. The summed E-state index contributed by atoms with van der Waals surface area (Å²) in [6, 6.07) is 9.79. The maximum absolute atomic E-state index is 12.8. The quantitative estimate of drug-likeness (QED) is 0.0899. The Morgan fingerprint density at radius 1 is 0.841 bits per heavy atom. The molecule has 1 aliphatic heterocycles. The fourth-order valence-electron chi connectivity index (χ4n) is 5.04. The van der Waals surface area contributed by atoms with E-state index in [0.717, 1.165) is 6.42 Å². The van der Waals surface area contributed by atoms with Gasteiger partial charge in [0.15, 0.2) is 0 Å². The first-order valence-corrected chi connectivity index (χ1v) is 13.9. The van der Waals surface area contributed by atoms with Crippen molar-refractivity contribution in [1.82, 2.24) is 0 Å². The number of non-ortho nitro benzene ring substituents is 2. The Hall–Kier alpha value is -5.27. The van der Waals surface area contributed by atoms with Crippen LogP contribution < -0.4 is 9.47 Å². The van der Waals surface area contributed by atoms with Crippen molar-refractivity contribution in [2.45, 2.75) is 57.3 Å². The van der Waals surface area contributed by atoms with E-state index in [0.29, 0.717) is 19.3 Å². The van der Waals surface area contributed by atoms with E-state index in [-0.39, 0.29) is 41.3 Å². The van der Waals surface area contributed by atoms with Gasteiger partial charge in [-0.25, -0.2) is 14.4 Å². The van der Waals surface area contributed by atoms with Crippen molar-refractivity contribution in [3.63, 3.8) is 0 Å². The van der Waals surface area contributed by atoms with Gasteiger partial charge in [0.1, 0.15) is 23.7 Å². The SMILES string of the molecule is C[C@H]1CCC/C=C/[C@@H]2C[C@H](OC(=O)Oc3ccc([N+](=O)[O-])cc3)C[C@H]2[C@H](OC(=O)Oc2ccc([N+](=O)[O-])cc2)/C=C/C(=O)O1. The molecule has 2 aromatic rings. The average Bonchev–Trinajstić information content (AvgIpc) is 3.37. The molecule has 0 amide bonds. The average molecular weight is 611 g/mol. The van der Waals surface area contributed by atoms with Crippen LogP contribution in [0.3, 0.4) is 0 Å². The number of hydrogen-bond donors (Lipinski definition) is 0. The Morgan fingerprint density at radius 2 is 1.41 bits per heavy atom. The Morgan fingerprint density at radius 3 is 1.98 bits per heavy atom. The summed E-state index contributed by atoms with van der Waals surface area (Å²) in [5.41, 5.74) is -0.349. The predicted octanol–water partition coefficient (Wildman–Crippen LogP) is 6.23. The summed E-state index contributed by atoms with van der Waals surface area (Å²) in [6.07, 6.45) is 5.17. The summed E-state index contributed by atoms with van der Waals surface area (Å²) in [5, 5.41) is 21.8. The zero-order valence-corrected chi connectivity index (χ0v) is 23.6. The molecule has 0 radical (unpaired) electrons. The monoisotopic (exact) mass is 610 g/mol. The van der Waals surface area contributed by atoms with Crippen molar-refractivity contribution in [2.75, 3.05) is 0 Å². The van der Waals surface area contributed by atoms with E-state index in [9.17, 15) is 34.6 Å². The minimum absolute atomic E-state index is 0.0144. The van der Waals surface area contributed by atoms with Gasteiger partial charge < -0.3 is 23.7 Å². The molecule has 0 saturated heterocycles. The lowest BCUT2D eigenvalue weighted by atomic mass is 9.89. The van der Waals surface area contributed by atoms with Gasteiger partial charge in [0.05, 0.1) is 16.0 Å². The molecule has 1 fully saturated rings. The van der Waals surface area contributed by atoms with Crippen LogP contribution in [0.4, 0.5) is 21.0 Å². The first-order valence-electron chi connectivity index (χ1n) is 13.9. The summed E-state index contributed by atoms with van der Waals surface area (Å²) in [5.74, 6) is -1.22. The van der Waals surface area contributed by atoms with Crippen molar-refractivity contribution in [2.24, 2.45) is 11.8 Å². The lowest BCUT2D eigenvalue weighted by Crippen LogP contribution is -2.29. The molecular formula is C30H30N2O12. The molecule has 1 aliphatic carbocycles. The minimum atomic E-state index is -1.11. The predicted molar refractivity (Wildman–Crippen MR) is 152 cm³/mol. The van der Waals surface area contributed by atoms with Gasteiger partial charge in [-0.15, -0.1) is 0 Å². The minimum Gasteiger partial charge on any atom is -0.460 e. The maximum Gasteiger partial charge on any atom is 0.514 e. The summed E-state index contributed by atoms with van der Waals surface area (Å²) < 4.78 is 27.0. The van der Waals surface area contributed by atoms with Crippen molar-refractivity contribution in [3.05, 3.63) is 93.1 Å². The van der Waals surface area contributed by atoms with Crippen LogP contribution in [0.1, 0.15) is 39.0 Å². The fraction of sp³-hybridized carbons (Fsp3) is 0.367. The number of hydrogen-bond acceptors (Lipinski definition) is 12. The zero-order valence-electron chi connectivity index (χ0n) is 23.6. The fourth-order valence-corrected chi connectivity index (χ4v) is 5.04. The molecule has 0 aromatic heterocycles. The molecule has 1 heterocycles. The number of carbonyl (C=O) groups is 3. The Labute approximate surface area is 251 Å². The van der Waals surface area contributed by atoms with Crippen LogP contribution in [0.15, 0.2) is 72.8 Å². The highest BCUT2D eigenvalue weighted by molar-refractivity contribution is 5.82. The van der Waals surface area contributed by atoms with E-state index in [1.54, 1.807) is 6.92 Å². The summed E-state index contributed by atoms with van der Waals surface area (Å²) in [4.78, 5) is 58.4. The van der Waals surface area contributed by atoms with Crippen LogP contribution >= 0.6 is 0 Å². The van der Waals surface area contributed by atoms with Gasteiger partial charge >= 0.3 is 18.3 Å². The summed E-state index contributed by atoms with van der Waals surface area (Å²) in [6.45, 7) is 1.79. The molecule has 0 spiro atoms. The van der Waals surface area contributed by atoms with Crippen LogP contribution in [0.5, 0.6) is 11.5 Å². The Balaban J connectivity index is 1.49. The van der Waals surface area contributed by atoms with Crippen molar-refractivity contribution >= 4 is 29.7 Å². The third-order valence-corrected chi connectivity index (χ3v) is 7.14. The second kappa shape index (κ2) is 14.8. The van der Waals surface area contributed by atoms with Gasteiger partial charge in [-0.3, -0.25) is 20.2 Å². The number of benzene rings is 2. The van der Waals surface area contributed by atoms with E-state index >= 15 is 0 Å². The zero-order chi connectivity index (χ0) is 31.6. The number of rotatable bonds is 6. The van der Waals surface area contributed by atoms with Crippen molar-refractivity contribution < 1.29 is 47.9 Å². The standard InChI is InChI=1S/C30H30N2O12/c1-19-5-3-2-4-6-20-17-25(43-29(34)41-23-11-7-21(8-12-23)31(36)37)18-26(20)27(15-16-28(33)40-19)44-30(35)42-24-13-9-22(10-14-24)32(38)39/h4,6-16,19-20,25-27H,2-3,5,17-18H2,1H3/b6-4+,16-15+/t19-,20+,25-,26+,27+/m0/s1. The van der Waals surface area contributed by atoms with Gasteiger partial charge in [0, 0.05) is 36.3 Å². The highest BCUT2D eigenvalue weighted by atomic mass is 16.7. The van der Waals surface area contributed by atoms with Gasteiger partial charge in [-0.1, -0.05) is 12.2 Å². The lowest BCUT2D eigenvalue weighted by molar-refractivity contribution is -0.385. The van der Waals surface area contributed by atoms with E-state index in [2.05, 4.69) is 0 Å². The maximum atomic E-state index is 12.8. The molecule has 5 atom stereocenters. The number of allylic oxidation sites excluding steroid dienone is 2. The summed E-state index contributed by atoms with van der Waals surface area (Å²) >= 11 is 0. The van der Waals surface area contributed by atoms with Crippen LogP contribution in [0.25, 0.3) is 0 Å². The molecule has 0 unspecified atom stereocenters. The van der Waals surface area contributed by atoms with Crippen LogP contribution in [0, 0.1) is 32.1 Å². The van der Waals surface area contributed by atoms with Crippen LogP contribution in [-0.4, -0.2) is 46.4 Å². The van der Waals surface area contributed by atoms with Gasteiger partial charge in [0.25, 0.3) is 11.4 Å². The molecule has 0 N–H and O–H groups in total. The molecule has 4 rings (SSSR count). The second-order valence-corrected chi connectivity index (χ2v) is 10.3. The topological polar surface area (TPSA) is 184 Å². The number of nitro benzene ring substituents is 2. The van der Waals surface area contributed by atoms with Gasteiger partial charge in [-0.2, -0.15) is 0 Å². The van der Waals surface area contributed by atoms with Crippen molar-refractivity contribution in [3.8, 4) is 11.5 Å². The third kappa shape index (κ3) is 9.11. The molecule has 2 aliphatic rings. The van der Waals surface area contributed by atoms with E-state index < -0.39 is 46.3 Å².